The molecule has 0 saturated heterocycles. The van der Waals surface area contributed by atoms with Crippen LogP contribution in [0.3, 0.4) is 0 Å². The van der Waals surface area contributed by atoms with Crippen LogP contribution in [0.1, 0.15) is 68.2 Å². The molecule has 0 spiro atoms. The van der Waals surface area contributed by atoms with E-state index in [1.54, 1.807) is 19.4 Å². The zero-order valence-electron chi connectivity index (χ0n) is 17.3. The second-order valence-electron chi connectivity index (χ2n) is 7.80. The lowest BCUT2D eigenvalue weighted by atomic mass is 9.90. The molecule has 0 fully saturated rings. The smallest absolute Gasteiger partial charge is 0.248 e. The molecule has 2 aromatic heterocycles. The Balaban J connectivity index is 1.47. The molecule has 1 aliphatic heterocycles. The van der Waals surface area contributed by atoms with Crippen molar-refractivity contribution < 1.29 is 8.78 Å². The number of aryl methyl sites for hydroxylation is 2. The van der Waals surface area contributed by atoms with Crippen molar-refractivity contribution in [2.75, 3.05) is 24.2 Å². The maximum Gasteiger partial charge on any atom is 0.248 e. The van der Waals surface area contributed by atoms with Crippen LogP contribution in [0.5, 0.6) is 0 Å². The predicted octanol–water partition coefficient (Wildman–Crippen LogP) is 5.20. The molecule has 3 rings (SSSR count). The van der Waals surface area contributed by atoms with Crippen molar-refractivity contribution in [1.82, 2.24) is 15.0 Å². The van der Waals surface area contributed by atoms with Gasteiger partial charge < -0.3 is 10.6 Å². The number of hydrogen-bond acceptors (Lipinski definition) is 5. The first kappa shape index (κ1) is 21.4. The highest BCUT2D eigenvalue weighted by Crippen LogP contribution is 2.35. The predicted molar refractivity (Wildman–Crippen MR) is 113 cm³/mol. The molecule has 0 aliphatic carbocycles. The van der Waals surface area contributed by atoms with Gasteiger partial charge in [0.15, 0.2) is 0 Å². The highest BCUT2D eigenvalue weighted by molar-refractivity contribution is 5.47. The van der Waals surface area contributed by atoms with E-state index in [-0.39, 0.29) is 18.8 Å². The van der Waals surface area contributed by atoms with Crippen LogP contribution < -0.4 is 10.6 Å². The Bertz CT molecular complexity index is 779. The van der Waals surface area contributed by atoms with Gasteiger partial charge in [0.2, 0.25) is 11.9 Å². The molecule has 0 bridgehead atoms. The molecule has 29 heavy (non-hydrogen) atoms. The lowest BCUT2D eigenvalue weighted by molar-refractivity contribution is -0.0251. The number of rotatable bonds is 10. The van der Waals surface area contributed by atoms with Crippen LogP contribution in [0.4, 0.5) is 20.5 Å². The number of nitrogens with one attached hydrogen (secondary N) is 2. The average Bonchev–Trinajstić information content (AvgIpc) is 2.75. The van der Waals surface area contributed by atoms with Crippen molar-refractivity contribution in [1.29, 1.82) is 0 Å². The van der Waals surface area contributed by atoms with Crippen molar-refractivity contribution in [3.8, 4) is 0 Å². The lowest BCUT2D eigenvalue weighted by Gasteiger charge is -2.22. The van der Waals surface area contributed by atoms with Crippen LogP contribution in [0.15, 0.2) is 24.5 Å². The van der Waals surface area contributed by atoms with Gasteiger partial charge in [-0.2, -0.15) is 0 Å². The SMILES string of the molecule is CC[C@H](CC(F)(F)CCCCc1ccc2c(n1)NCCC2)c1cnc(NC)nc1. The third-order valence-electron chi connectivity index (χ3n) is 5.58. The molecule has 0 radical (unpaired) electrons. The van der Waals surface area contributed by atoms with Gasteiger partial charge in [-0.15, -0.1) is 0 Å². The number of hydrogen-bond donors (Lipinski definition) is 2. The largest absolute Gasteiger partial charge is 0.370 e. The minimum Gasteiger partial charge on any atom is -0.370 e. The zero-order valence-corrected chi connectivity index (χ0v) is 17.3. The Morgan fingerprint density at radius 3 is 2.72 bits per heavy atom. The summed E-state index contributed by atoms with van der Waals surface area (Å²) < 4.78 is 29.1. The average molecular weight is 404 g/mol. The molecular weight excluding hydrogens is 372 g/mol. The summed E-state index contributed by atoms with van der Waals surface area (Å²) in [5.41, 5.74) is 3.01. The van der Waals surface area contributed by atoms with Crippen molar-refractivity contribution in [2.45, 2.75) is 70.1 Å². The summed E-state index contributed by atoms with van der Waals surface area (Å²) >= 11 is 0. The van der Waals surface area contributed by atoms with Gasteiger partial charge in [-0.1, -0.05) is 13.0 Å². The lowest BCUT2D eigenvalue weighted by Crippen LogP contribution is -2.20. The molecule has 2 aromatic rings. The molecule has 5 nitrogen and oxygen atoms in total. The summed E-state index contributed by atoms with van der Waals surface area (Å²) in [4.78, 5) is 13.0. The first-order chi connectivity index (χ1) is 14.0. The molecule has 2 N–H and O–H groups in total. The van der Waals surface area contributed by atoms with Gasteiger partial charge in [0.25, 0.3) is 0 Å². The van der Waals surface area contributed by atoms with Gasteiger partial charge in [0, 0.05) is 44.5 Å². The Hall–Kier alpha value is -2.31. The molecule has 1 atom stereocenters. The molecule has 7 heteroatoms. The van der Waals surface area contributed by atoms with E-state index in [2.05, 4.69) is 31.7 Å². The van der Waals surface area contributed by atoms with E-state index in [9.17, 15) is 8.78 Å². The molecule has 158 valence electrons. The summed E-state index contributed by atoms with van der Waals surface area (Å²) in [5, 5.41) is 6.17. The maximum atomic E-state index is 14.6. The minimum atomic E-state index is -2.69. The molecular formula is C22H31F2N5. The van der Waals surface area contributed by atoms with Gasteiger partial charge in [-0.3, -0.25) is 0 Å². The highest BCUT2D eigenvalue weighted by Gasteiger charge is 2.32. The fourth-order valence-electron chi connectivity index (χ4n) is 3.84. The number of anilines is 2. The summed E-state index contributed by atoms with van der Waals surface area (Å²) in [6, 6.07) is 4.15. The third-order valence-corrected chi connectivity index (χ3v) is 5.58. The number of fused-ring (bicyclic) bond motifs is 1. The van der Waals surface area contributed by atoms with Gasteiger partial charge in [-0.05, 0) is 61.6 Å². The second-order valence-corrected chi connectivity index (χ2v) is 7.80. The van der Waals surface area contributed by atoms with E-state index in [4.69, 9.17) is 0 Å². The van der Waals surface area contributed by atoms with Gasteiger partial charge in [0.05, 0.1) is 0 Å². The Morgan fingerprint density at radius 2 is 2.00 bits per heavy atom. The summed E-state index contributed by atoms with van der Waals surface area (Å²) in [6.07, 6.45) is 7.83. The topological polar surface area (TPSA) is 62.7 Å². The first-order valence-corrected chi connectivity index (χ1v) is 10.6. The van der Waals surface area contributed by atoms with Crippen LogP contribution in [0, 0.1) is 0 Å². The Kier molecular flexibility index (Phi) is 7.34. The zero-order chi connectivity index (χ0) is 20.7. The third kappa shape index (κ3) is 6.08. The standard InChI is InChI=1S/C22H31F2N5/c1-3-16(18-14-27-21(25-2)28-15-18)13-22(23,24)11-5-4-8-19-10-9-17-7-6-12-26-20(17)29-19/h9-10,14-16H,3-8,11-13H2,1-2H3,(H,26,29)(H,25,27,28)/t16-/m1/s1. The van der Waals surface area contributed by atoms with Gasteiger partial charge in [0.1, 0.15) is 5.82 Å². The highest BCUT2D eigenvalue weighted by atomic mass is 19.3. The number of aromatic nitrogens is 3. The van der Waals surface area contributed by atoms with Crippen LogP contribution in [0.25, 0.3) is 0 Å². The quantitative estimate of drug-likeness (QED) is 0.534. The Labute approximate surface area is 171 Å². The summed E-state index contributed by atoms with van der Waals surface area (Å²) in [6.45, 7) is 2.89. The normalized spacial score (nSPS) is 14.8. The number of nitrogens with zero attached hydrogens (tertiary/aromatic N) is 3. The Morgan fingerprint density at radius 1 is 1.21 bits per heavy atom. The van der Waals surface area contributed by atoms with E-state index in [1.165, 1.54) is 5.56 Å². The molecule has 0 amide bonds. The maximum absolute atomic E-state index is 14.6. The van der Waals surface area contributed by atoms with Crippen LogP contribution in [0.2, 0.25) is 0 Å². The molecule has 0 aromatic carbocycles. The summed E-state index contributed by atoms with van der Waals surface area (Å²) in [5.74, 6) is -1.45. The van der Waals surface area contributed by atoms with Crippen molar-refractivity contribution in [3.05, 3.63) is 41.3 Å². The van der Waals surface area contributed by atoms with Crippen molar-refractivity contribution in [2.24, 2.45) is 0 Å². The van der Waals surface area contributed by atoms with Crippen LogP contribution in [-0.4, -0.2) is 34.5 Å². The molecule has 3 heterocycles. The van der Waals surface area contributed by atoms with Crippen molar-refractivity contribution in [3.63, 3.8) is 0 Å². The fourth-order valence-corrected chi connectivity index (χ4v) is 3.84. The van der Waals surface area contributed by atoms with Crippen molar-refractivity contribution >= 4 is 11.8 Å². The van der Waals surface area contributed by atoms with E-state index in [1.807, 2.05) is 13.0 Å². The van der Waals surface area contributed by atoms with Crippen LogP contribution in [-0.2, 0) is 12.8 Å². The number of halogens is 2. The van der Waals surface area contributed by atoms with E-state index >= 15 is 0 Å². The molecule has 0 saturated carbocycles. The van der Waals surface area contributed by atoms with Gasteiger partial charge >= 0.3 is 0 Å². The van der Waals surface area contributed by atoms with Crippen LogP contribution >= 0.6 is 0 Å². The second kappa shape index (κ2) is 9.94. The number of unbranched alkanes of at least 4 members (excludes halogenated alkanes) is 1. The number of pyridine rings is 1. The van der Waals surface area contributed by atoms with Gasteiger partial charge in [-0.25, -0.2) is 23.7 Å². The molecule has 1 aliphatic rings. The summed E-state index contributed by atoms with van der Waals surface area (Å²) in [7, 11) is 1.73. The van der Waals surface area contributed by atoms with E-state index in [0.29, 0.717) is 18.8 Å². The van der Waals surface area contributed by atoms with E-state index < -0.39 is 5.92 Å². The minimum absolute atomic E-state index is 0.0951. The van der Waals surface area contributed by atoms with E-state index in [0.717, 1.165) is 49.3 Å². The number of alkyl halides is 2. The fraction of sp³-hybridized carbons (Fsp3) is 0.591. The molecule has 0 unspecified atom stereocenters. The monoisotopic (exact) mass is 403 g/mol. The first-order valence-electron chi connectivity index (χ1n) is 10.6.